The third-order valence-corrected chi connectivity index (χ3v) is 5.28. The first kappa shape index (κ1) is 13.3. The first-order valence-electron chi connectivity index (χ1n) is 6.50. The standard InChI is InChI=1S/C13H16N4O2S/c1-16-9-13(15-10-16)20(18,19)17-8-4-6-12(17)11-5-2-3-7-14-11/h2-3,5,7,9-10,12H,4,6,8H2,1H3/t12-/m1/s1. The Kier molecular flexibility index (Phi) is 3.31. The third-order valence-electron chi connectivity index (χ3n) is 3.49. The van der Waals surface area contributed by atoms with Gasteiger partial charge in [0.25, 0.3) is 10.0 Å². The van der Waals surface area contributed by atoms with Crippen molar-refractivity contribution in [2.75, 3.05) is 6.54 Å². The number of nitrogens with zero attached hydrogens (tertiary/aromatic N) is 4. The fourth-order valence-electron chi connectivity index (χ4n) is 2.54. The van der Waals surface area contributed by atoms with Gasteiger partial charge in [0, 0.05) is 26.0 Å². The van der Waals surface area contributed by atoms with Crippen LogP contribution in [0, 0.1) is 0 Å². The number of hydrogen-bond acceptors (Lipinski definition) is 4. The van der Waals surface area contributed by atoms with Crippen LogP contribution >= 0.6 is 0 Å². The van der Waals surface area contributed by atoms with Gasteiger partial charge in [-0.05, 0) is 25.0 Å². The van der Waals surface area contributed by atoms with Crippen LogP contribution in [0.15, 0.2) is 41.9 Å². The van der Waals surface area contributed by atoms with Gasteiger partial charge in [0.2, 0.25) is 0 Å². The van der Waals surface area contributed by atoms with E-state index in [2.05, 4.69) is 9.97 Å². The average molecular weight is 292 g/mol. The van der Waals surface area contributed by atoms with E-state index in [0.717, 1.165) is 18.5 Å². The molecule has 2 aromatic rings. The molecule has 0 aliphatic carbocycles. The summed E-state index contributed by atoms with van der Waals surface area (Å²) in [5.74, 6) is 0. The highest BCUT2D eigenvalue weighted by Gasteiger charge is 2.37. The largest absolute Gasteiger partial charge is 0.339 e. The number of pyridine rings is 1. The summed E-state index contributed by atoms with van der Waals surface area (Å²) in [5.41, 5.74) is 0.796. The quantitative estimate of drug-likeness (QED) is 0.856. The van der Waals surface area contributed by atoms with Crippen LogP contribution in [0.25, 0.3) is 0 Å². The van der Waals surface area contributed by atoms with E-state index in [0.29, 0.717) is 6.54 Å². The summed E-state index contributed by atoms with van der Waals surface area (Å²) in [6.07, 6.45) is 6.36. The van der Waals surface area contributed by atoms with Crippen LogP contribution in [-0.2, 0) is 17.1 Å². The van der Waals surface area contributed by atoms with E-state index < -0.39 is 10.0 Å². The van der Waals surface area contributed by atoms with Crippen molar-refractivity contribution in [2.45, 2.75) is 23.9 Å². The molecule has 3 rings (SSSR count). The molecule has 0 radical (unpaired) electrons. The van der Waals surface area contributed by atoms with Crippen molar-refractivity contribution in [1.82, 2.24) is 18.8 Å². The van der Waals surface area contributed by atoms with Gasteiger partial charge in [-0.2, -0.15) is 4.31 Å². The van der Waals surface area contributed by atoms with E-state index in [1.54, 1.807) is 17.8 Å². The lowest BCUT2D eigenvalue weighted by molar-refractivity contribution is 0.389. The van der Waals surface area contributed by atoms with Crippen molar-refractivity contribution in [3.05, 3.63) is 42.6 Å². The summed E-state index contributed by atoms with van der Waals surface area (Å²) in [6.45, 7) is 0.514. The van der Waals surface area contributed by atoms with Crippen LogP contribution in [0.4, 0.5) is 0 Å². The minimum atomic E-state index is -3.55. The highest BCUT2D eigenvalue weighted by molar-refractivity contribution is 7.89. The highest BCUT2D eigenvalue weighted by Crippen LogP contribution is 2.34. The zero-order chi connectivity index (χ0) is 14.2. The second kappa shape index (κ2) is 4.99. The molecule has 0 N–H and O–H groups in total. The Labute approximate surface area is 118 Å². The lowest BCUT2D eigenvalue weighted by Gasteiger charge is -2.22. The summed E-state index contributed by atoms with van der Waals surface area (Å²) in [5, 5.41) is 0.0998. The monoisotopic (exact) mass is 292 g/mol. The van der Waals surface area contributed by atoms with Crippen LogP contribution in [0.3, 0.4) is 0 Å². The lowest BCUT2D eigenvalue weighted by Crippen LogP contribution is -2.31. The van der Waals surface area contributed by atoms with Crippen molar-refractivity contribution in [1.29, 1.82) is 0 Å². The molecule has 6 nitrogen and oxygen atoms in total. The Bertz CT molecular complexity index is 696. The van der Waals surface area contributed by atoms with Gasteiger partial charge in [-0.3, -0.25) is 4.98 Å². The molecule has 0 unspecified atom stereocenters. The molecule has 2 aromatic heterocycles. The summed E-state index contributed by atoms with van der Waals surface area (Å²) in [7, 11) is -1.80. The van der Waals surface area contributed by atoms with Crippen molar-refractivity contribution in [3.8, 4) is 0 Å². The van der Waals surface area contributed by atoms with Crippen LogP contribution in [0.2, 0.25) is 0 Å². The molecule has 7 heteroatoms. The number of sulfonamides is 1. The van der Waals surface area contributed by atoms with Gasteiger partial charge in [-0.15, -0.1) is 0 Å². The minimum Gasteiger partial charge on any atom is -0.339 e. The maximum Gasteiger partial charge on any atom is 0.262 e. The van der Waals surface area contributed by atoms with Crippen LogP contribution < -0.4 is 0 Å². The topological polar surface area (TPSA) is 68.1 Å². The zero-order valence-electron chi connectivity index (χ0n) is 11.2. The average Bonchev–Trinajstić information content (AvgIpc) is 3.08. The van der Waals surface area contributed by atoms with Gasteiger partial charge in [0.1, 0.15) is 0 Å². The summed E-state index contributed by atoms with van der Waals surface area (Å²) in [4.78, 5) is 8.26. The normalized spacial score (nSPS) is 20.4. The number of aromatic nitrogens is 3. The Morgan fingerprint density at radius 2 is 2.15 bits per heavy atom. The molecule has 1 aliphatic heterocycles. The van der Waals surface area contributed by atoms with Crippen molar-refractivity contribution >= 4 is 10.0 Å². The molecule has 1 fully saturated rings. The van der Waals surface area contributed by atoms with Crippen LogP contribution in [0.1, 0.15) is 24.6 Å². The molecule has 0 spiro atoms. The van der Waals surface area contributed by atoms with Gasteiger partial charge in [0.05, 0.1) is 18.1 Å². The van der Waals surface area contributed by atoms with Crippen LogP contribution in [0.5, 0.6) is 0 Å². The van der Waals surface area contributed by atoms with E-state index in [4.69, 9.17) is 0 Å². The molecule has 0 saturated carbocycles. The molecular formula is C13H16N4O2S. The Hall–Kier alpha value is -1.73. The number of aryl methyl sites for hydroxylation is 1. The molecule has 20 heavy (non-hydrogen) atoms. The SMILES string of the molecule is Cn1cnc(S(=O)(=O)N2CCC[C@@H]2c2ccccn2)c1. The molecule has 0 bridgehead atoms. The minimum absolute atomic E-state index is 0.0998. The van der Waals surface area contributed by atoms with Gasteiger partial charge >= 0.3 is 0 Å². The predicted molar refractivity (Wildman–Crippen MR) is 73.3 cm³/mol. The van der Waals surface area contributed by atoms with E-state index in [-0.39, 0.29) is 11.1 Å². The van der Waals surface area contributed by atoms with E-state index in [1.807, 2.05) is 18.2 Å². The molecule has 106 valence electrons. The van der Waals surface area contributed by atoms with Gasteiger partial charge < -0.3 is 4.57 Å². The fourth-order valence-corrected chi connectivity index (χ4v) is 4.18. The Morgan fingerprint density at radius 1 is 1.30 bits per heavy atom. The molecular weight excluding hydrogens is 276 g/mol. The first-order chi connectivity index (χ1) is 9.59. The first-order valence-corrected chi connectivity index (χ1v) is 7.94. The Morgan fingerprint density at radius 3 is 2.80 bits per heavy atom. The summed E-state index contributed by atoms with van der Waals surface area (Å²) < 4.78 is 28.5. The second-order valence-electron chi connectivity index (χ2n) is 4.91. The molecule has 3 heterocycles. The molecule has 0 amide bonds. The smallest absolute Gasteiger partial charge is 0.262 e. The zero-order valence-corrected chi connectivity index (χ0v) is 12.0. The van der Waals surface area contributed by atoms with Gasteiger partial charge in [0.15, 0.2) is 5.03 Å². The number of rotatable bonds is 3. The van der Waals surface area contributed by atoms with E-state index in [9.17, 15) is 8.42 Å². The van der Waals surface area contributed by atoms with Crippen LogP contribution in [-0.4, -0.2) is 33.8 Å². The maximum absolute atomic E-state index is 12.7. The van der Waals surface area contributed by atoms with Crippen molar-refractivity contribution in [2.24, 2.45) is 7.05 Å². The highest BCUT2D eigenvalue weighted by atomic mass is 32.2. The number of hydrogen-bond donors (Lipinski definition) is 0. The Balaban J connectivity index is 1.97. The van der Waals surface area contributed by atoms with Gasteiger partial charge in [-0.25, -0.2) is 13.4 Å². The molecule has 0 aromatic carbocycles. The summed E-state index contributed by atoms with van der Waals surface area (Å²) >= 11 is 0. The van der Waals surface area contributed by atoms with E-state index >= 15 is 0 Å². The maximum atomic E-state index is 12.7. The van der Waals surface area contributed by atoms with Crippen molar-refractivity contribution < 1.29 is 8.42 Å². The number of imidazole rings is 1. The fraction of sp³-hybridized carbons (Fsp3) is 0.385. The van der Waals surface area contributed by atoms with E-state index in [1.165, 1.54) is 16.8 Å². The summed E-state index contributed by atoms with van der Waals surface area (Å²) in [6, 6.07) is 5.39. The van der Waals surface area contributed by atoms with Crippen molar-refractivity contribution in [3.63, 3.8) is 0 Å². The second-order valence-corrected chi connectivity index (χ2v) is 6.74. The third kappa shape index (κ3) is 2.23. The molecule has 1 saturated heterocycles. The van der Waals surface area contributed by atoms with Gasteiger partial charge in [-0.1, -0.05) is 6.07 Å². The molecule has 1 aliphatic rings. The molecule has 1 atom stereocenters. The predicted octanol–water partition coefficient (Wildman–Crippen LogP) is 1.34. The lowest BCUT2D eigenvalue weighted by atomic mass is 10.1.